The molecule has 0 fully saturated rings. The molecule has 0 aliphatic carbocycles. The van der Waals surface area contributed by atoms with E-state index in [0.717, 1.165) is 10.5 Å². The van der Waals surface area contributed by atoms with Crippen LogP contribution in [-0.2, 0) is 11.2 Å². The molecular formula is C11H14O3S. The Labute approximate surface area is 93.1 Å². The van der Waals surface area contributed by atoms with Crippen molar-refractivity contribution in [1.29, 1.82) is 0 Å². The minimum absolute atomic E-state index is 0.220. The molecule has 82 valence electrons. The van der Waals surface area contributed by atoms with Crippen LogP contribution >= 0.6 is 11.8 Å². The first kappa shape index (κ1) is 11.9. The minimum atomic E-state index is -0.814. The molecule has 0 aliphatic heterocycles. The molecule has 1 rings (SSSR count). The van der Waals surface area contributed by atoms with E-state index in [0.29, 0.717) is 6.42 Å². The normalized spacial score (nSPS) is 12.4. The highest BCUT2D eigenvalue weighted by Gasteiger charge is 2.15. The average Bonchev–Trinajstić information content (AvgIpc) is 2.18. The second-order valence-electron chi connectivity index (χ2n) is 3.41. The fraction of sp³-hybridized carbons (Fsp3) is 0.364. The van der Waals surface area contributed by atoms with Crippen molar-refractivity contribution in [2.24, 2.45) is 5.92 Å². The zero-order chi connectivity index (χ0) is 11.4. The van der Waals surface area contributed by atoms with E-state index in [4.69, 9.17) is 5.11 Å². The van der Waals surface area contributed by atoms with Gasteiger partial charge in [0.25, 0.3) is 0 Å². The van der Waals surface area contributed by atoms with Crippen LogP contribution in [0.3, 0.4) is 0 Å². The van der Waals surface area contributed by atoms with Crippen LogP contribution in [0.15, 0.2) is 23.1 Å². The number of hydrogen-bond acceptors (Lipinski definition) is 3. The standard InChI is InChI=1S/C11H14O3S/c1-7(11(13)14)6-8-4-3-5-9(12)10(8)15-2/h3-5,7,12H,6H2,1-2H3,(H,13,14). The first-order valence-electron chi connectivity index (χ1n) is 4.64. The maximum atomic E-state index is 10.7. The first-order chi connectivity index (χ1) is 7.06. The predicted molar refractivity (Wildman–Crippen MR) is 60.4 cm³/mol. The van der Waals surface area contributed by atoms with E-state index in [2.05, 4.69) is 0 Å². The highest BCUT2D eigenvalue weighted by Crippen LogP contribution is 2.31. The van der Waals surface area contributed by atoms with Gasteiger partial charge in [0.1, 0.15) is 5.75 Å². The Morgan fingerprint density at radius 2 is 2.20 bits per heavy atom. The van der Waals surface area contributed by atoms with Crippen LogP contribution in [0.2, 0.25) is 0 Å². The number of aromatic hydroxyl groups is 1. The summed E-state index contributed by atoms with van der Waals surface area (Å²) in [4.78, 5) is 11.5. The number of thioether (sulfide) groups is 1. The third kappa shape index (κ3) is 2.89. The molecule has 0 saturated heterocycles. The van der Waals surface area contributed by atoms with Crippen molar-refractivity contribution in [3.8, 4) is 5.75 Å². The van der Waals surface area contributed by atoms with Crippen molar-refractivity contribution in [3.05, 3.63) is 23.8 Å². The summed E-state index contributed by atoms with van der Waals surface area (Å²) in [5, 5.41) is 18.4. The third-order valence-corrected chi connectivity index (χ3v) is 3.11. The molecule has 0 aliphatic rings. The van der Waals surface area contributed by atoms with E-state index in [9.17, 15) is 9.90 Å². The molecule has 1 atom stereocenters. The fourth-order valence-electron chi connectivity index (χ4n) is 1.38. The molecule has 0 heterocycles. The van der Waals surface area contributed by atoms with Crippen LogP contribution in [0, 0.1) is 5.92 Å². The summed E-state index contributed by atoms with van der Waals surface area (Å²) in [6, 6.07) is 5.20. The number of aliphatic carboxylic acids is 1. The molecule has 1 aromatic carbocycles. The van der Waals surface area contributed by atoms with Crippen LogP contribution in [0.1, 0.15) is 12.5 Å². The largest absolute Gasteiger partial charge is 0.507 e. The van der Waals surface area contributed by atoms with Gasteiger partial charge in [-0.15, -0.1) is 11.8 Å². The number of carbonyl (C=O) groups is 1. The van der Waals surface area contributed by atoms with Crippen LogP contribution in [-0.4, -0.2) is 22.4 Å². The molecule has 15 heavy (non-hydrogen) atoms. The summed E-state index contributed by atoms with van der Waals surface area (Å²) in [6.07, 6.45) is 2.31. The van der Waals surface area contributed by atoms with Gasteiger partial charge in [-0.25, -0.2) is 0 Å². The summed E-state index contributed by atoms with van der Waals surface area (Å²) < 4.78 is 0. The summed E-state index contributed by atoms with van der Waals surface area (Å²) in [6.45, 7) is 1.66. The molecule has 2 N–H and O–H groups in total. The molecule has 0 aromatic heterocycles. The van der Waals surface area contributed by atoms with Crippen molar-refractivity contribution < 1.29 is 15.0 Å². The molecule has 0 bridgehead atoms. The van der Waals surface area contributed by atoms with E-state index in [-0.39, 0.29) is 5.75 Å². The van der Waals surface area contributed by atoms with Crippen molar-refractivity contribution in [3.63, 3.8) is 0 Å². The van der Waals surface area contributed by atoms with Gasteiger partial charge in [0, 0.05) is 0 Å². The summed E-state index contributed by atoms with van der Waals surface area (Å²) in [5.41, 5.74) is 0.886. The van der Waals surface area contributed by atoms with Gasteiger partial charge < -0.3 is 10.2 Å². The van der Waals surface area contributed by atoms with Gasteiger partial charge in [-0.2, -0.15) is 0 Å². The molecule has 0 saturated carbocycles. The molecule has 3 nitrogen and oxygen atoms in total. The van der Waals surface area contributed by atoms with Gasteiger partial charge in [0.05, 0.1) is 10.8 Å². The topological polar surface area (TPSA) is 57.5 Å². The first-order valence-corrected chi connectivity index (χ1v) is 5.86. The van der Waals surface area contributed by atoms with Crippen molar-refractivity contribution in [2.75, 3.05) is 6.26 Å². The number of benzene rings is 1. The third-order valence-electron chi connectivity index (χ3n) is 2.23. The monoisotopic (exact) mass is 226 g/mol. The number of hydrogen-bond donors (Lipinski definition) is 2. The highest BCUT2D eigenvalue weighted by molar-refractivity contribution is 7.98. The lowest BCUT2D eigenvalue weighted by molar-refractivity contribution is -0.141. The smallest absolute Gasteiger partial charge is 0.306 e. The Morgan fingerprint density at radius 1 is 1.53 bits per heavy atom. The SMILES string of the molecule is CSc1c(O)cccc1CC(C)C(=O)O. The van der Waals surface area contributed by atoms with Gasteiger partial charge in [0.2, 0.25) is 0 Å². The summed E-state index contributed by atoms with van der Waals surface area (Å²) in [5.74, 6) is -1.03. The molecule has 1 unspecified atom stereocenters. The van der Waals surface area contributed by atoms with Crippen LogP contribution in [0.4, 0.5) is 0 Å². The minimum Gasteiger partial charge on any atom is -0.507 e. The van der Waals surface area contributed by atoms with E-state index in [1.54, 1.807) is 19.1 Å². The fourth-order valence-corrected chi connectivity index (χ4v) is 2.08. The number of phenolic OH excluding ortho intramolecular Hbond substituents is 1. The van der Waals surface area contributed by atoms with Crippen molar-refractivity contribution in [2.45, 2.75) is 18.2 Å². The van der Waals surface area contributed by atoms with E-state index < -0.39 is 11.9 Å². The van der Waals surface area contributed by atoms with Crippen molar-refractivity contribution in [1.82, 2.24) is 0 Å². The Morgan fingerprint density at radius 3 is 2.73 bits per heavy atom. The zero-order valence-corrected chi connectivity index (χ0v) is 9.54. The average molecular weight is 226 g/mol. The van der Waals surface area contributed by atoms with Gasteiger partial charge in [-0.1, -0.05) is 19.1 Å². The Balaban J connectivity index is 2.94. The zero-order valence-electron chi connectivity index (χ0n) is 8.73. The summed E-state index contributed by atoms with van der Waals surface area (Å²) >= 11 is 1.43. The number of carboxylic acid groups (broad SMARTS) is 1. The van der Waals surface area contributed by atoms with E-state index in [1.807, 2.05) is 12.3 Å². The highest BCUT2D eigenvalue weighted by atomic mass is 32.2. The molecular weight excluding hydrogens is 212 g/mol. The number of rotatable bonds is 4. The summed E-state index contributed by atoms with van der Waals surface area (Å²) in [7, 11) is 0. The molecule has 1 aromatic rings. The van der Waals surface area contributed by atoms with Crippen LogP contribution in [0.25, 0.3) is 0 Å². The van der Waals surface area contributed by atoms with E-state index in [1.165, 1.54) is 11.8 Å². The van der Waals surface area contributed by atoms with Crippen LogP contribution < -0.4 is 0 Å². The lowest BCUT2D eigenvalue weighted by Crippen LogP contribution is -2.12. The number of phenols is 1. The lowest BCUT2D eigenvalue weighted by atomic mass is 10.0. The Hall–Kier alpha value is -1.16. The Bertz CT molecular complexity index is 363. The second kappa shape index (κ2) is 5.07. The predicted octanol–water partition coefficient (Wildman–Crippen LogP) is 2.38. The van der Waals surface area contributed by atoms with Crippen LogP contribution in [0.5, 0.6) is 5.75 Å². The maximum absolute atomic E-state index is 10.7. The molecule has 4 heteroatoms. The molecule has 0 spiro atoms. The van der Waals surface area contributed by atoms with Gasteiger partial charge in [-0.05, 0) is 24.3 Å². The lowest BCUT2D eigenvalue weighted by Gasteiger charge is -2.11. The number of carboxylic acids is 1. The quantitative estimate of drug-likeness (QED) is 0.774. The second-order valence-corrected chi connectivity index (χ2v) is 4.23. The van der Waals surface area contributed by atoms with Gasteiger partial charge in [0.15, 0.2) is 0 Å². The van der Waals surface area contributed by atoms with Gasteiger partial charge in [-0.3, -0.25) is 4.79 Å². The van der Waals surface area contributed by atoms with Gasteiger partial charge >= 0.3 is 5.97 Å². The molecule has 0 amide bonds. The van der Waals surface area contributed by atoms with E-state index >= 15 is 0 Å². The maximum Gasteiger partial charge on any atom is 0.306 e. The Kier molecular flexibility index (Phi) is 4.03. The molecule has 0 radical (unpaired) electrons. The van der Waals surface area contributed by atoms with Crippen molar-refractivity contribution >= 4 is 17.7 Å².